The van der Waals surface area contributed by atoms with Crippen LogP contribution in [0.3, 0.4) is 0 Å². The van der Waals surface area contributed by atoms with Crippen molar-refractivity contribution >= 4 is 12.4 Å². The molecule has 0 fully saturated rings. The van der Waals surface area contributed by atoms with E-state index >= 15 is 0 Å². The molecular formula is C11H15ClF3N. The first-order valence-electron chi connectivity index (χ1n) is 4.85. The molecule has 1 unspecified atom stereocenters. The lowest BCUT2D eigenvalue weighted by Crippen LogP contribution is -2.21. The van der Waals surface area contributed by atoms with Gasteiger partial charge in [0.2, 0.25) is 0 Å². The molecule has 1 rings (SSSR count). The van der Waals surface area contributed by atoms with Crippen molar-refractivity contribution in [2.75, 3.05) is 0 Å². The van der Waals surface area contributed by atoms with E-state index in [1.165, 1.54) is 12.1 Å². The molecule has 0 aromatic heterocycles. The average Bonchev–Trinajstić information content (AvgIpc) is 2.17. The first-order chi connectivity index (χ1) is 6.93. The monoisotopic (exact) mass is 253 g/mol. The van der Waals surface area contributed by atoms with E-state index in [9.17, 15) is 13.2 Å². The standard InChI is InChI=1S/C11H14F3N.ClH/c1-2-10(15)7-8-3-5-9(6-4-8)11(12,13)14;/h3-6,10H,2,7,15H2,1H3;1H. The smallest absolute Gasteiger partial charge is 0.327 e. The fourth-order valence-electron chi connectivity index (χ4n) is 1.28. The van der Waals surface area contributed by atoms with Crippen molar-refractivity contribution in [3.05, 3.63) is 35.4 Å². The van der Waals surface area contributed by atoms with Crippen LogP contribution >= 0.6 is 12.4 Å². The van der Waals surface area contributed by atoms with Gasteiger partial charge in [-0.3, -0.25) is 0 Å². The second-order valence-corrected chi connectivity index (χ2v) is 3.57. The predicted molar refractivity (Wildman–Crippen MR) is 60.7 cm³/mol. The Balaban J connectivity index is 0.00000225. The number of hydrogen-bond donors (Lipinski definition) is 1. The van der Waals surface area contributed by atoms with Crippen LogP contribution in [0.2, 0.25) is 0 Å². The van der Waals surface area contributed by atoms with Crippen LogP contribution in [0.1, 0.15) is 24.5 Å². The summed E-state index contributed by atoms with van der Waals surface area (Å²) in [4.78, 5) is 0. The molecule has 1 nitrogen and oxygen atoms in total. The minimum Gasteiger partial charge on any atom is -0.327 e. The topological polar surface area (TPSA) is 26.0 Å². The zero-order chi connectivity index (χ0) is 11.5. The van der Waals surface area contributed by atoms with Crippen molar-refractivity contribution in [1.82, 2.24) is 0 Å². The Morgan fingerprint density at radius 2 is 1.69 bits per heavy atom. The number of rotatable bonds is 3. The van der Waals surface area contributed by atoms with E-state index in [1.807, 2.05) is 6.92 Å². The lowest BCUT2D eigenvalue weighted by Gasteiger charge is -2.10. The van der Waals surface area contributed by atoms with Gasteiger partial charge in [-0.15, -0.1) is 12.4 Å². The summed E-state index contributed by atoms with van der Waals surface area (Å²) in [5, 5.41) is 0. The molecule has 1 aromatic carbocycles. The number of nitrogens with two attached hydrogens (primary N) is 1. The van der Waals surface area contributed by atoms with Crippen molar-refractivity contribution in [2.24, 2.45) is 5.73 Å². The highest BCUT2D eigenvalue weighted by Crippen LogP contribution is 2.29. The Morgan fingerprint density at radius 1 is 1.19 bits per heavy atom. The van der Waals surface area contributed by atoms with Gasteiger partial charge in [0.25, 0.3) is 0 Å². The summed E-state index contributed by atoms with van der Waals surface area (Å²) in [7, 11) is 0. The number of hydrogen-bond acceptors (Lipinski definition) is 1. The molecular weight excluding hydrogens is 239 g/mol. The molecule has 0 radical (unpaired) electrons. The maximum atomic E-state index is 12.2. The normalized spacial score (nSPS) is 13.1. The summed E-state index contributed by atoms with van der Waals surface area (Å²) in [6.45, 7) is 1.95. The van der Waals surface area contributed by atoms with E-state index in [0.29, 0.717) is 6.42 Å². The first-order valence-corrected chi connectivity index (χ1v) is 4.85. The van der Waals surface area contributed by atoms with E-state index in [-0.39, 0.29) is 18.4 Å². The number of alkyl halides is 3. The Morgan fingerprint density at radius 3 is 2.06 bits per heavy atom. The molecule has 0 heterocycles. The summed E-state index contributed by atoms with van der Waals surface area (Å²) < 4.78 is 36.7. The van der Waals surface area contributed by atoms with Crippen LogP contribution < -0.4 is 5.73 Å². The van der Waals surface area contributed by atoms with E-state index in [2.05, 4.69) is 0 Å². The van der Waals surface area contributed by atoms with Crippen molar-refractivity contribution < 1.29 is 13.2 Å². The highest BCUT2D eigenvalue weighted by atomic mass is 35.5. The van der Waals surface area contributed by atoms with Gasteiger partial charge in [-0.05, 0) is 30.5 Å². The Kier molecular flexibility index (Phi) is 5.83. The SMILES string of the molecule is CCC(N)Cc1ccc(C(F)(F)F)cc1.Cl. The molecule has 1 aromatic rings. The lowest BCUT2D eigenvalue weighted by atomic mass is 10.0. The van der Waals surface area contributed by atoms with Gasteiger partial charge in [-0.2, -0.15) is 13.2 Å². The fourth-order valence-corrected chi connectivity index (χ4v) is 1.28. The van der Waals surface area contributed by atoms with Crippen molar-refractivity contribution in [3.8, 4) is 0 Å². The van der Waals surface area contributed by atoms with Crippen molar-refractivity contribution in [3.63, 3.8) is 0 Å². The molecule has 5 heteroatoms. The van der Waals surface area contributed by atoms with Crippen LogP contribution in [0.15, 0.2) is 24.3 Å². The molecule has 0 aliphatic heterocycles. The molecule has 16 heavy (non-hydrogen) atoms. The van der Waals surface area contributed by atoms with E-state index < -0.39 is 11.7 Å². The Bertz CT molecular complexity index is 308. The van der Waals surface area contributed by atoms with Gasteiger partial charge in [0.05, 0.1) is 5.56 Å². The van der Waals surface area contributed by atoms with Crippen molar-refractivity contribution in [1.29, 1.82) is 0 Å². The maximum absolute atomic E-state index is 12.2. The van der Waals surface area contributed by atoms with Gasteiger partial charge in [0.1, 0.15) is 0 Å². The van der Waals surface area contributed by atoms with Crippen LogP contribution in [0.5, 0.6) is 0 Å². The molecule has 0 bridgehead atoms. The molecule has 0 spiro atoms. The quantitative estimate of drug-likeness (QED) is 0.878. The largest absolute Gasteiger partial charge is 0.416 e. The van der Waals surface area contributed by atoms with Crippen LogP contribution in [0.25, 0.3) is 0 Å². The third-order valence-corrected chi connectivity index (χ3v) is 2.30. The molecule has 1 atom stereocenters. The second-order valence-electron chi connectivity index (χ2n) is 3.57. The van der Waals surface area contributed by atoms with E-state index in [4.69, 9.17) is 5.73 Å². The molecule has 0 aliphatic carbocycles. The van der Waals surface area contributed by atoms with Gasteiger partial charge in [0, 0.05) is 6.04 Å². The summed E-state index contributed by atoms with van der Waals surface area (Å²) in [5.41, 5.74) is 5.94. The Labute approximate surface area is 99.2 Å². The molecule has 0 amide bonds. The van der Waals surface area contributed by atoms with Crippen molar-refractivity contribution in [2.45, 2.75) is 32.0 Å². The van der Waals surface area contributed by atoms with E-state index in [0.717, 1.165) is 24.1 Å². The van der Waals surface area contributed by atoms with Crippen LogP contribution in [0, 0.1) is 0 Å². The zero-order valence-corrected chi connectivity index (χ0v) is 9.74. The highest BCUT2D eigenvalue weighted by Gasteiger charge is 2.29. The average molecular weight is 254 g/mol. The minimum atomic E-state index is -4.26. The van der Waals surface area contributed by atoms with Crippen LogP contribution in [0.4, 0.5) is 13.2 Å². The van der Waals surface area contributed by atoms with Gasteiger partial charge in [-0.1, -0.05) is 19.1 Å². The minimum absolute atomic E-state index is 0. The Hall–Kier alpha value is -0.740. The van der Waals surface area contributed by atoms with Gasteiger partial charge < -0.3 is 5.73 Å². The predicted octanol–water partition coefficient (Wildman–Crippen LogP) is 3.41. The fraction of sp³-hybridized carbons (Fsp3) is 0.455. The van der Waals surface area contributed by atoms with Gasteiger partial charge >= 0.3 is 6.18 Å². The molecule has 0 aliphatic rings. The van der Waals surface area contributed by atoms with Gasteiger partial charge in [0.15, 0.2) is 0 Å². The lowest BCUT2D eigenvalue weighted by molar-refractivity contribution is -0.137. The maximum Gasteiger partial charge on any atom is 0.416 e. The molecule has 0 saturated heterocycles. The number of halogens is 4. The first kappa shape index (κ1) is 15.3. The molecule has 0 saturated carbocycles. The summed E-state index contributed by atoms with van der Waals surface area (Å²) in [6, 6.07) is 5.17. The zero-order valence-electron chi connectivity index (χ0n) is 8.92. The third-order valence-electron chi connectivity index (χ3n) is 2.30. The summed E-state index contributed by atoms with van der Waals surface area (Å²) in [6.07, 6.45) is -2.82. The van der Waals surface area contributed by atoms with Crippen LogP contribution in [-0.4, -0.2) is 6.04 Å². The third kappa shape index (κ3) is 4.41. The van der Waals surface area contributed by atoms with Crippen LogP contribution in [-0.2, 0) is 12.6 Å². The van der Waals surface area contributed by atoms with Gasteiger partial charge in [-0.25, -0.2) is 0 Å². The molecule has 92 valence electrons. The van der Waals surface area contributed by atoms with E-state index in [1.54, 1.807) is 0 Å². The summed E-state index contributed by atoms with van der Waals surface area (Å²) in [5.74, 6) is 0. The highest BCUT2D eigenvalue weighted by molar-refractivity contribution is 5.85. The second kappa shape index (κ2) is 6.11. The summed E-state index contributed by atoms with van der Waals surface area (Å²) >= 11 is 0. The number of benzene rings is 1. The molecule has 2 N–H and O–H groups in total.